The van der Waals surface area contributed by atoms with Crippen LogP contribution in [0.25, 0.3) is 10.9 Å². The topological polar surface area (TPSA) is 78.9 Å². The summed E-state index contributed by atoms with van der Waals surface area (Å²) in [5.74, 6) is 0.810. The minimum atomic E-state index is -3.63. The number of rotatable bonds is 8. The number of ether oxygens (including phenoxy) is 1. The standard InChI is InChI=1S/C28H37N5O3S/c1-31(23-11-7-4-8-12-23)28-25-19-24(13-14-26(25)29-21-30-28)37(34,35)33-17-15-32(16-18-33)20-27(36-2)22-9-5-3-6-10-22/h3,5-6,9-10,13-14,19,21,23,27H,4,7-8,11-12,15-18,20H2,1-2H3. The molecule has 1 saturated heterocycles. The highest BCUT2D eigenvalue weighted by Gasteiger charge is 2.30. The van der Waals surface area contributed by atoms with E-state index in [9.17, 15) is 8.42 Å². The second kappa shape index (κ2) is 11.4. The number of sulfonamides is 1. The SMILES string of the molecule is COC(CN1CCN(S(=O)(=O)c2ccc3ncnc(N(C)C4CCCCC4)c3c2)CC1)c1ccccc1. The van der Waals surface area contributed by atoms with Crippen molar-refractivity contribution in [1.29, 1.82) is 0 Å². The van der Waals surface area contributed by atoms with Crippen LogP contribution in [-0.2, 0) is 14.8 Å². The highest BCUT2D eigenvalue weighted by Crippen LogP contribution is 2.31. The highest BCUT2D eigenvalue weighted by molar-refractivity contribution is 7.89. The molecule has 2 heterocycles. The molecule has 2 aliphatic rings. The van der Waals surface area contributed by atoms with Crippen molar-refractivity contribution in [2.24, 2.45) is 0 Å². The van der Waals surface area contributed by atoms with Gasteiger partial charge in [0.25, 0.3) is 0 Å². The van der Waals surface area contributed by atoms with Gasteiger partial charge in [-0.3, -0.25) is 4.90 Å². The summed E-state index contributed by atoms with van der Waals surface area (Å²) in [6.07, 6.45) is 7.54. The molecule has 3 aromatic rings. The van der Waals surface area contributed by atoms with Gasteiger partial charge in [0.05, 0.1) is 16.5 Å². The molecule has 198 valence electrons. The van der Waals surface area contributed by atoms with E-state index >= 15 is 0 Å². The molecule has 1 atom stereocenters. The lowest BCUT2D eigenvalue weighted by Gasteiger charge is -2.35. The number of piperazine rings is 1. The van der Waals surface area contributed by atoms with Crippen molar-refractivity contribution >= 4 is 26.7 Å². The van der Waals surface area contributed by atoms with Gasteiger partial charge < -0.3 is 9.64 Å². The van der Waals surface area contributed by atoms with E-state index in [2.05, 4.69) is 38.9 Å². The third-order valence-corrected chi connectivity index (χ3v) is 9.79. The number of methoxy groups -OCH3 is 1. The summed E-state index contributed by atoms with van der Waals surface area (Å²) in [5, 5.41) is 0.793. The molecule has 0 radical (unpaired) electrons. The number of aromatic nitrogens is 2. The number of hydrogen-bond acceptors (Lipinski definition) is 7. The molecule has 8 nitrogen and oxygen atoms in total. The minimum absolute atomic E-state index is 0.0376. The molecule has 1 saturated carbocycles. The number of hydrogen-bond donors (Lipinski definition) is 0. The van der Waals surface area contributed by atoms with Crippen LogP contribution in [-0.4, -0.2) is 80.5 Å². The van der Waals surface area contributed by atoms with E-state index in [0.717, 1.165) is 41.7 Å². The minimum Gasteiger partial charge on any atom is -0.375 e. The summed E-state index contributed by atoms with van der Waals surface area (Å²) >= 11 is 0. The Kier molecular flexibility index (Phi) is 8.04. The smallest absolute Gasteiger partial charge is 0.243 e. The average Bonchev–Trinajstić information content (AvgIpc) is 2.96. The Morgan fingerprint density at radius 3 is 2.43 bits per heavy atom. The van der Waals surface area contributed by atoms with Gasteiger partial charge in [-0.05, 0) is 36.6 Å². The second-order valence-electron chi connectivity index (χ2n) is 10.1. The Morgan fingerprint density at radius 1 is 1.00 bits per heavy atom. The molecule has 5 rings (SSSR count). The van der Waals surface area contributed by atoms with Gasteiger partial charge >= 0.3 is 0 Å². The Balaban J connectivity index is 1.31. The van der Waals surface area contributed by atoms with Crippen LogP contribution in [0.4, 0.5) is 5.82 Å². The Morgan fingerprint density at radius 2 is 1.73 bits per heavy atom. The van der Waals surface area contributed by atoms with Crippen molar-refractivity contribution in [2.45, 2.75) is 49.1 Å². The average molecular weight is 524 g/mol. The maximum absolute atomic E-state index is 13.6. The van der Waals surface area contributed by atoms with Crippen molar-refractivity contribution in [3.8, 4) is 0 Å². The summed E-state index contributed by atoms with van der Waals surface area (Å²) in [4.78, 5) is 13.8. The van der Waals surface area contributed by atoms with Crippen LogP contribution in [0.2, 0.25) is 0 Å². The predicted octanol–water partition coefficient (Wildman–Crippen LogP) is 4.09. The fourth-order valence-electron chi connectivity index (χ4n) is 5.62. The summed E-state index contributed by atoms with van der Waals surface area (Å²) < 4.78 is 34.6. The molecule has 1 unspecified atom stereocenters. The van der Waals surface area contributed by atoms with Gasteiger partial charge in [-0.25, -0.2) is 18.4 Å². The monoisotopic (exact) mass is 523 g/mol. The van der Waals surface area contributed by atoms with E-state index in [1.807, 2.05) is 18.2 Å². The number of fused-ring (bicyclic) bond motifs is 1. The fourth-order valence-corrected chi connectivity index (χ4v) is 7.07. The van der Waals surface area contributed by atoms with E-state index in [1.165, 1.54) is 19.3 Å². The largest absolute Gasteiger partial charge is 0.375 e. The molecule has 2 fully saturated rings. The van der Waals surface area contributed by atoms with Crippen LogP contribution in [0, 0.1) is 0 Å². The van der Waals surface area contributed by atoms with Gasteiger partial charge in [0.1, 0.15) is 12.1 Å². The van der Waals surface area contributed by atoms with Gasteiger partial charge in [0.15, 0.2) is 0 Å². The Labute approximate surface area is 220 Å². The quantitative estimate of drug-likeness (QED) is 0.440. The Hall–Kier alpha value is -2.59. The van der Waals surface area contributed by atoms with Crippen LogP contribution in [0.3, 0.4) is 0 Å². The maximum atomic E-state index is 13.6. The van der Waals surface area contributed by atoms with Gasteiger partial charge in [-0.2, -0.15) is 4.31 Å². The van der Waals surface area contributed by atoms with Crippen molar-refractivity contribution < 1.29 is 13.2 Å². The first-order valence-corrected chi connectivity index (χ1v) is 14.7. The molecule has 0 spiro atoms. The zero-order valence-corrected chi connectivity index (χ0v) is 22.6. The Bertz CT molecular complexity index is 1290. The summed E-state index contributed by atoms with van der Waals surface area (Å²) in [6.45, 7) is 2.96. The molecule has 2 aromatic carbocycles. The third kappa shape index (κ3) is 5.65. The molecule has 9 heteroatoms. The zero-order valence-electron chi connectivity index (χ0n) is 21.8. The van der Waals surface area contributed by atoms with Crippen LogP contribution in [0.15, 0.2) is 59.8 Å². The fraction of sp³-hybridized carbons (Fsp3) is 0.500. The van der Waals surface area contributed by atoms with Gasteiger partial charge in [-0.15, -0.1) is 0 Å². The van der Waals surface area contributed by atoms with Crippen LogP contribution < -0.4 is 4.90 Å². The molecule has 0 N–H and O–H groups in total. The highest BCUT2D eigenvalue weighted by atomic mass is 32.2. The summed E-state index contributed by atoms with van der Waals surface area (Å²) in [7, 11) is 0.165. The molecule has 37 heavy (non-hydrogen) atoms. The normalized spacial score (nSPS) is 19.2. The number of anilines is 1. The van der Waals surface area contributed by atoms with E-state index < -0.39 is 10.0 Å². The van der Waals surface area contributed by atoms with Crippen molar-refractivity contribution in [3.05, 3.63) is 60.4 Å². The lowest BCUT2D eigenvalue weighted by Crippen LogP contribution is -2.49. The summed E-state index contributed by atoms with van der Waals surface area (Å²) in [5.41, 5.74) is 1.90. The predicted molar refractivity (Wildman–Crippen MR) is 146 cm³/mol. The first kappa shape index (κ1) is 26.0. The van der Waals surface area contributed by atoms with Gasteiger partial charge in [0, 0.05) is 58.3 Å². The van der Waals surface area contributed by atoms with Crippen LogP contribution in [0.5, 0.6) is 0 Å². The number of benzene rings is 2. The van der Waals surface area contributed by atoms with Crippen molar-refractivity contribution in [1.82, 2.24) is 19.2 Å². The van der Waals surface area contributed by atoms with E-state index in [0.29, 0.717) is 37.1 Å². The molecular weight excluding hydrogens is 486 g/mol. The molecule has 0 bridgehead atoms. The maximum Gasteiger partial charge on any atom is 0.243 e. The lowest BCUT2D eigenvalue weighted by atomic mass is 9.94. The zero-order chi connectivity index (χ0) is 25.8. The first-order valence-electron chi connectivity index (χ1n) is 13.2. The van der Waals surface area contributed by atoms with E-state index in [1.54, 1.807) is 35.9 Å². The third-order valence-electron chi connectivity index (χ3n) is 7.89. The first-order chi connectivity index (χ1) is 18.0. The molecule has 1 aliphatic carbocycles. The summed E-state index contributed by atoms with van der Waals surface area (Å²) in [6, 6.07) is 15.8. The van der Waals surface area contributed by atoms with Gasteiger partial charge in [0.2, 0.25) is 10.0 Å². The molecular formula is C28H37N5O3S. The van der Waals surface area contributed by atoms with Gasteiger partial charge in [-0.1, -0.05) is 49.6 Å². The van der Waals surface area contributed by atoms with Crippen molar-refractivity contribution in [3.63, 3.8) is 0 Å². The second-order valence-corrected chi connectivity index (χ2v) is 12.1. The lowest BCUT2D eigenvalue weighted by molar-refractivity contribution is 0.0523. The van der Waals surface area contributed by atoms with Crippen LogP contribution >= 0.6 is 0 Å². The van der Waals surface area contributed by atoms with Crippen LogP contribution in [0.1, 0.15) is 43.8 Å². The van der Waals surface area contributed by atoms with E-state index in [4.69, 9.17) is 4.74 Å². The van der Waals surface area contributed by atoms with Crippen molar-refractivity contribution in [2.75, 3.05) is 51.8 Å². The molecule has 0 amide bonds. The number of nitrogens with zero attached hydrogens (tertiary/aromatic N) is 5. The van der Waals surface area contributed by atoms with E-state index in [-0.39, 0.29) is 6.10 Å². The molecule has 1 aromatic heterocycles. The molecule has 1 aliphatic heterocycles.